The van der Waals surface area contributed by atoms with Gasteiger partial charge < -0.3 is 0 Å². The summed E-state index contributed by atoms with van der Waals surface area (Å²) in [6.07, 6.45) is 9.70. The molecule has 174 valence electrons. The van der Waals surface area contributed by atoms with Crippen LogP contribution in [0.2, 0.25) is 0 Å². The van der Waals surface area contributed by atoms with Gasteiger partial charge in [0.05, 0.1) is 5.41 Å². The van der Waals surface area contributed by atoms with Gasteiger partial charge >= 0.3 is 0 Å². The van der Waals surface area contributed by atoms with Crippen LogP contribution in [0.4, 0.5) is 0 Å². The summed E-state index contributed by atoms with van der Waals surface area (Å²) in [6.45, 7) is 2.51. The second-order valence-corrected chi connectivity index (χ2v) is 12.0. The van der Waals surface area contributed by atoms with E-state index in [1.807, 2.05) is 0 Å². The second-order valence-electron chi connectivity index (χ2n) is 11.1. The van der Waals surface area contributed by atoms with E-state index in [1.165, 1.54) is 66.8 Å². The van der Waals surface area contributed by atoms with Gasteiger partial charge in [-0.15, -0.1) is 0 Å². The maximum absolute atomic E-state index is 3.78. The highest BCUT2D eigenvalue weighted by Crippen LogP contribution is 2.71. The first kappa shape index (κ1) is 20.4. The maximum atomic E-state index is 3.78. The summed E-state index contributed by atoms with van der Waals surface area (Å²) in [5, 5.41) is 0. The van der Waals surface area contributed by atoms with Crippen LogP contribution in [0.5, 0.6) is 0 Å². The molecule has 0 N–H and O–H groups in total. The summed E-state index contributed by atoms with van der Waals surface area (Å²) < 4.78 is 1.13. The van der Waals surface area contributed by atoms with E-state index >= 15 is 0 Å². The summed E-state index contributed by atoms with van der Waals surface area (Å²) in [7, 11) is 0. The minimum Gasteiger partial charge on any atom is -0.0757 e. The molecule has 1 heteroatoms. The fourth-order valence-electron chi connectivity index (χ4n) is 8.42. The van der Waals surface area contributed by atoms with Crippen LogP contribution in [0.15, 0.2) is 131 Å². The molecule has 3 unspecified atom stereocenters. The van der Waals surface area contributed by atoms with E-state index in [-0.39, 0.29) is 10.8 Å². The van der Waals surface area contributed by atoms with Crippen LogP contribution in [-0.2, 0) is 10.8 Å². The Balaban J connectivity index is 1.48. The summed E-state index contributed by atoms with van der Waals surface area (Å²) >= 11 is 3.78. The van der Waals surface area contributed by atoms with Crippen molar-refractivity contribution < 1.29 is 0 Å². The zero-order valence-electron chi connectivity index (χ0n) is 20.4. The molecule has 0 saturated heterocycles. The zero-order chi connectivity index (χ0) is 24.5. The van der Waals surface area contributed by atoms with Crippen molar-refractivity contribution in [3.8, 4) is 11.1 Å². The Bertz CT molecular complexity index is 1860. The minimum absolute atomic E-state index is 0.144. The number of rotatable bonds is 0. The van der Waals surface area contributed by atoms with Crippen LogP contribution in [-0.4, -0.2) is 0 Å². The lowest BCUT2D eigenvalue weighted by Gasteiger charge is -2.44. The lowest BCUT2D eigenvalue weighted by molar-refractivity contribution is 0.452. The number of fused-ring (bicyclic) bond motifs is 14. The number of allylic oxidation sites excluding steroid dienone is 8. The molecule has 0 nitrogen and oxygen atoms in total. The van der Waals surface area contributed by atoms with Crippen LogP contribution in [0.1, 0.15) is 40.3 Å². The molecule has 9 rings (SSSR count). The third-order valence-corrected chi connectivity index (χ3v) is 10.2. The van der Waals surface area contributed by atoms with Gasteiger partial charge in [-0.05, 0) is 78.9 Å². The first-order chi connectivity index (χ1) is 18.1. The quantitative estimate of drug-likeness (QED) is 0.211. The maximum Gasteiger partial charge on any atom is 0.0688 e. The van der Waals surface area contributed by atoms with Crippen LogP contribution >= 0.6 is 15.9 Å². The standard InChI is InChI=1S/C36H23Br/c1-35-30-14-6-7-15-31(30)36(28-13-5-4-11-24(28)26-19-21(37)17-18-29(26)36)33(35)20-27-23-10-3-2-9-22(23)25-12-8-16-32(35)34(25)27/h2-20,32H,1H3. The lowest BCUT2D eigenvalue weighted by Crippen LogP contribution is -2.39. The van der Waals surface area contributed by atoms with Gasteiger partial charge in [0.25, 0.3) is 0 Å². The lowest BCUT2D eigenvalue weighted by atomic mass is 9.57. The summed E-state index contributed by atoms with van der Waals surface area (Å²) in [6, 6.07) is 34.3. The van der Waals surface area contributed by atoms with E-state index < -0.39 is 0 Å². The van der Waals surface area contributed by atoms with Gasteiger partial charge in [0.1, 0.15) is 0 Å². The molecule has 5 aliphatic rings. The van der Waals surface area contributed by atoms with Crippen LogP contribution in [0.25, 0.3) is 22.3 Å². The molecule has 5 aliphatic carbocycles. The molecule has 0 aromatic heterocycles. The summed E-state index contributed by atoms with van der Waals surface area (Å²) in [4.78, 5) is 0. The van der Waals surface area contributed by atoms with Gasteiger partial charge in [0, 0.05) is 15.8 Å². The topological polar surface area (TPSA) is 0 Å². The van der Waals surface area contributed by atoms with Crippen molar-refractivity contribution in [2.45, 2.75) is 17.8 Å². The van der Waals surface area contributed by atoms with Gasteiger partial charge in [-0.2, -0.15) is 0 Å². The van der Waals surface area contributed by atoms with Crippen molar-refractivity contribution in [1.82, 2.24) is 0 Å². The molecule has 3 atom stereocenters. The first-order valence-corrected chi connectivity index (χ1v) is 13.9. The van der Waals surface area contributed by atoms with Crippen LogP contribution in [0.3, 0.4) is 0 Å². The Kier molecular flexibility index (Phi) is 3.64. The molecule has 0 radical (unpaired) electrons. The summed E-state index contributed by atoms with van der Waals surface area (Å²) in [5.41, 5.74) is 16.6. The van der Waals surface area contributed by atoms with Gasteiger partial charge in [0.2, 0.25) is 0 Å². The highest BCUT2D eigenvalue weighted by atomic mass is 79.9. The van der Waals surface area contributed by atoms with E-state index in [1.54, 1.807) is 0 Å². The molecule has 1 spiro atoms. The second kappa shape index (κ2) is 6.60. The molecule has 0 saturated carbocycles. The number of halogens is 1. The van der Waals surface area contributed by atoms with Crippen molar-refractivity contribution in [3.05, 3.63) is 164 Å². The predicted octanol–water partition coefficient (Wildman–Crippen LogP) is 9.01. The Morgan fingerprint density at radius 1 is 0.676 bits per heavy atom. The number of hydrogen-bond donors (Lipinski definition) is 0. The van der Waals surface area contributed by atoms with Crippen LogP contribution in [0, 0.1) is 5.92 Å². The third-order valence-electron chi connectivity index (χ3n) is 9.74. The Morgan fingerprint density at radius 2 is 1.35 bits per heavy atom. The fraction of sp³-hybridized carbons (Fsp3) is 0.111. The molecule has 0 heterocycles. The van der Waals surface area contributed by atoms with Crippen LogP contribution < -0.4 is 0 Å². The fourth-order valence-corrected chi connectivity index (χ4v) is 8.78. The Labute approximate surface area is 225 Å². The largest absolute Gasteiger partial charge is 0.0757 e. The van der Waals surface area contributed by atoms with Gasteiger partial charge in [-0.3, -0.25) is 0 Å². The smallest absolute Gasteiger partial charge is 0.0688 e. The number of benzene rings is 4. The minimum atomic E-state index is -0.302. The molecule has 0 amide bonds. The van der Waals surface area contributed by atoms with E-state index in [2.05, 4.69) is 138 Å². The van der Waals surface area contributed by atoms with Gasteiger partial charge in [-0.25, -0.2) is 0 Å². The molecular formula is C36H23Br. The van der Waals surface area contributed by atoms with Crippen molar-refractivity contribution in [2.75, 3.05) is 0 Å². The normalized spacial score (nSPS) is 26.7. The molecule has 0 aliphatic heterocycles. The van der Waals surface area contributed by atoms with E-state index in [0.29, 0.717) is 5.92 Å². The molecule has 0 fully saturated rings. The third kappa shape index (κ3) is 2.12. The van der Waals surface area contributed by atoms with Crippen molar-refractivity contribution in [2.24, 2.45) is 5.92 Å². The highest BCUT2D eigenvalue weighted by molar-refractivity contribution is 9.10. The van der Waals surface area contributed by atoms with Gasteiger partial charge in [-0.1, -0.05) is 126 Å². The molecule has 37 heavy (non-hydrogen) atoms. The average Bonchev–Trinajstić information content (AvgIpc) is 3.50. The average molecular weight is 535 g/mol. The summed E-state index contributed by atoms with van der Waals surface area (Å²) in [5.74, 6) is 0.294. The van der Waals surface area contributed by atoms with E-state index in [4.69, 9.17) is 0 Å². The highest BCUT2D eigenvalue weighted by Gasteiger charge is 2.63. The van der Waals surface area contributed by atoms with E-state index in [0.717, 1.165) is 4.47 Å². The SMILES string of the molecule is CC12C(=CC3=C4C(=CC=CC41)c1ccccc13)C1(c3ccccc3-c3cc(Br)ccc31)c1ccccc12. The Hall–Kier alpha value is -3.68. The zero-order valence-corrected chi connectivity index (χ0v) is 22.0. The molecule has 4 aromatic carbocycles. The van der Waals surface area contributed by atoms with Gasteiger partial charge in [0.15, 0.2) is 0 Å². The Morgan fingerprint density at radius 3 is 2.19 bits per heavy atom. The first-order valence-electron chi connectivity index (χ1n) is 13.1. The van der Waals surface area contributed by atoms with Crippen molar-refractivity contribution >= 4 is 27.1 Å². The molecule has 0 bridgehead atoms. The van der Waals surface area contributed by atoms with Crippen molar-refractivity contribution in [1.29, 1.82) is 0 Å². The van der Waals surface area contributed by atoms with E-state index in [9.17, 15) is 0 Å². The molecule has 4 aromatic rings. The van der Waals surface area contributed by atoms with Crippen molar-refractivity contribution in [3.63, 3.8) is 0 Å². The molecular weight excluding hydrogens is 512 g/mol. The monoisotopic (exact) mass is 534 g/mol. The predicted molar refractivity (Wildman–Crippen MR) is 155 cm³/mol. The number of hydrogen-bond acceptors (Lipinski definition) is 0.